The minimum atomic E-state index is 0.651. The van der Waals surface area contributed by atoms with Crippen molar-refractivity contribution in [2.75, 3.05) is 24.7 Å². The lowest BCUT2D eigenvalue weighted by atomic mass is 10.2. The van der Waals surface area contributed by atoms with Crippen LogP contribution in [0.1, 0.15) is 12.2 Å². The van der Waals surface area contributed by atoms with Crippen molar-refractivity contribution in [2.24, 2.45) is 0 Å². The third kappa shape index (κ3) is 2.94. The van der Waals surface area contributed by atoms with E-state index in [2.05, 4.69) is 15.3 Å². The summed E-state index contributed by atoms with van der Waals surface area (Å²) in [6.07, 6.45) is 5.51. The smallest absolute Gasteiger partial charge is 0.143 e. The number of aromatic nitrogens is 2. The van der Waals surface area contributed by atoms with Crippen molar-refractivity contribution in [2.45, 2.75) is 12.8 Å². The number of rotatable bonds is 6. The highest BCUT2D eigenvalue weighted by atomic mass is 16.5. The van der Waals surface area contributed by atoms with E-state index in [0.29, 0.717) is 11.4 Å². The summed E-state index contributed by atoms with van der Waals surface area (Å²) in [4.78, 5) is 7.26. The van der Waals surface area contributed by atoms with Gasteiger partial charge in [-0.05, 0) is 18.6 Å². The third-order valence-electron chi connectivity index (χ3n) is 2.75. The van der Waals surface area contributed by atoms with Gasteiger partial charge in [0.25, 0.3) is 0 Å². The molecule has 2 rings (SSSR count). The van der Waals surface area contributed by atoms with Crippen molar-refractivity contribution < 1.29 is 4.74 Å². The van der Waals surface area contributed by atoms with Crippen LogP contribution in [0.5, 0.6) is 5.75 Å². The van der Waals surface area contributed by atoms with Crippen molar-refractivity contribution in [3.8, 4) is 5.75 Å². The molecule has 96 valence electrons. The molecule has 5 heteroatoms. The Balaban J connectivity index is 1.83. The highest BCUT2D eigenvalue weighted by Crippen LogP contribution is 2.28. The maximum atomic E-state index is 5.96. The van der Waals surface area contributed by atoms with Crippen LogP contribution in [0.3, 0.4) is 0 Å². The van der Waals surface area contributed by atoms with E-state index in [4.69, 9.17) is 10.5 Å². The fourth-order valence-corrected chi connectivity index (χ4v) is 1.79. The summed E-state index contributed by atoms with van der Waals surface area (Å²) in [5.74, 6) is 1.71. The van der Waals surface area contributed by atoms with Crippen LogP contribution in [-0.4, -0.2) is 23.6 Å². The van der Waals surface area contributed by atoms with Gasteiger partial charge < -0.3 is 20.8 Å². The molecule has 0 fully saturated rings. The Hall–Kier alpha value is -2.17. The molecule has 0 aliphatic carbocycles. The number of aromatic amines is 1. The van der Waals surface area contributed by atoms with Crippen LogP contribution in [0.15, 0.2) is 30.6 Å². The number of hydrogen-bond donors (Lipinski definition) is 3. The monoisotopic (exact) mass is 246 g/mol. The van der Waals surface area contributed by atoms with Gasteiger partial charge in [-0.1, -0.05) is 6.07 Å². The predicted molar refractivity (Wildman–Crippen MR) is 72.8 cm³/mol. The van der Waals surface area contributed by atoms with Crippen LogP contribution in [0, 0.1) is 0 Å². The standard InChI is InChI=1S/C13H18N4O/c1-18-11-5-2-4-10(13(11)14)15-7-3-6-12-16-8-9-17-12/h2,4-5,8-9,15H,3,6-7,14H2,1H3,(H,16,17). The number of aryl methyl sites for hydroxylation is 1. The fraction of sp³-hybridized carbons (Fsp3) is 0.308. The van der Waals surface area contributed by atoms with Crippen LogP contribution in [-0.2, 0) is 6.42 Å². The highest BCUT2D eigenvalue weighted by Gasteiger charge is 2.04. The lowest BCUT2D eigenvalue weighted by molar-refractivity contribution is 0.417. The van der Waals surface area contributed by atoms with Gasteiger partial charge in [-0.15, -0.1) is 0 Å². The molecule has 18 heavy (non-hydrogen) atoms. The summed E-state index contributed by atoms with van der Waals surface area (Å²) in [6, 6.07) is 5.72. The Bertz CT molecular complexity index is 482. The molecule has 0 amide bonds. The Morgan fingerprint density at radius 1 is 1.44 bits per heavy atom. The SMILES string of the molecule is COc1cccc(NCCCc2ncc[nH]2)c1N. The fourth-order valence-electron chi connectivity index (χ4n) is 1.79. The molecule has 1 heterocycles. The number of H-pyrrole nitrogens is 1. The first-order valence-electron chi connectivity index (χ1n) is 5.96. The van der Waals surface area contributed by atoms with Gasteiger partial charge in [0.05, 0.1) is 18.5 Å². The molecule has 0 saturated heterocycles. The summed E-state index contributed by atoms with van der Waals surface area (Å²) >= 11 is 0. The molecule has 2 aromatic rings. The van der Waals surface area contributed by atoms with E-state index < -0.39 is 0 Å². The number of benzene rings is 1. The molecular formula is C13H18N4O. The minimum absolute atomic E-state index is 0.651. The van der Waals surface area contributed by atoms with Gasteiger partial charge in [-0.3, -0.25) is 0 Å². The average Bonchev–Trinajstić information content (AvgIpc) is 2.89. The van der Waals surface area contributed by atoms with E-state index in [0.717, 1.165) is 30.9 Å². The Labute approximate surface area is 106 Å². The summed E-state index contributed by atoms with van der Waals surface area (Å²) < 4.78 is 5.17. The molecule has 0 atom stereocenters. The van der Waals surface area contributed by atoms with Gasteiger partial charge in [0.1, 0.15) is 11.6 Å². The molecule has 1 aromatic heterocycles. The molecule has 0 aliphatic rings. The number of nitrogens with zero attached hydrogens (tertiary/aromatic N) is 1. The van der Waals surface area contributed by atoms with E-state index >= 15 is 0 Å². The maximum absolute atomic E-state index is 5.96. The van der Waals surface area contributed by atoms with Crippen molar-refractivity contribution in [3.05, 3.63) is 36.4 Å². The Kier molecular flexibility index (Phi) is 4.06. The summed E-state index contributed by atoms with van der Waals surface area (Å²) in [6.45, 7) is 0.845. The minimum Gasteiger partial charge on any atom is -0.495 e. The number of anilines is 2. The highest BCUT2D eigenvalue weighted by molar-refractivity contribution is 5.72. The number of nitrogens with one attached hydrogen (secondary N) is 2. The molecule has 0 bridgehead atoms. The van der Waals surface area contributed by atoms with Gasteiger partial charge in [-0.25, -0.2) is 4.98 Å². The van der Waals surface area contributed by atoms with Crippen LogP contribution in [0.25, 0.3) is 0 Å². The lowest BCUT2D eigenvalue weighted by Gasteiger charge is -2.11. The number of nitrogens with two attached hydrogens (primary N) is 1. The van der Waals surface area contributed by atoms with Crippen LogP contribution in [0.4, 0.5) is 11.4 Å². The first-order chi connectivity index (χ1) is 8.81. The van der Waals surface area contributed by atoms with Crippen molar-refractivity contribution in [1.29, 1.82) is 0 Å². The maximum Gasteiger partial charge on any atom is 0.143 e. The molecular weight excluding hydrogens is 228 g/mol. The Morgan fingerprint density at radius 2 is 2.33 bits per heavy atom. The van der Waals surface area contributed by atoms with Gasteiger partial charge >= 0.3 is 0 Å². The van der Waals surface area contributed by atoms with E-state index in [-0.39, 0.29) is 0 Å². The lowest BCUT2D eigenvalue weighted by Crippen LogP contribution is -2.06. The second-order valence-corrected chi connectivity index (χ2v) is 3.99. The first-order valence-corrected chi connectivity index (χ1v) is 5.96. The molecule has 4 N–H and O–H groups in total. The van der Waals surface area contributed by atoms with Gasteiger partial charge in [0.2, 0.25) is 0 Å². The summed E-state index contributed by atoms with van der Waals surface area (Å²) in [7, 11) is 1.62. The first kappa shape index (κ1) is 12.3. The number of imidazole rings is 1. The Morgan fingerprint density at radius 3 is 3.06 bits per heavy atom. The number of methoxy groups -OCH3 is 1. The number of ether oxygens (including phenoxy) is 1. The topological polar surface area (TPSA) is 76.0 Å². The number of nitrogen functional groups attached to an aromatic ring is 1. The summed E-state index contributed by atoms with van der Waals surface area (Å²) in [5, 5.41) is 3.30. The average molecular weight is 246 g/mol. The van der Waals surface area contributed by atoms with Crippen LogP contribution in [0.2, 0.25) is 0 Å². The number of para-hydroxylation sites is 1. The van der Waals surface area contributed by atoms with E-state index in [9.17, 15) is 0 Å². The third-order valence-corrected chi connectivity index (χ3v) is 2.75. The zero-order valence-corrected chi connectivity index (χ0v) is 10.4. The largest absolute Gasteiger partial charge is 0.495 e. The molecule has 0 spiro atoms. The summed E-state index contributed by atoms with van der Waals surface area (Å²) in [5.41, 5.74) is 7.53. The van der Waals surface area contributed by atoms with Gasteiger partial charge in [-0.2, -0.15) is 0 Å². The van der Waals surface area contributed by atoms with Crippen molar-refractivity contribution in [3.63, 3.8) is 0 Å². The zero-order chi connectivity index (χ0) is 12.8. The van der Waals surface area contributed by atoms with Crippen molar-refractivity contribution >= 4 is 11.4 Å². The predicted octanol–water partition coefficient (Wildman–Crippen LogP) is 2.05. The van der Waals surface area contributed by atoms with Gasteiger partial charge in [0.15, 0.2) is 0 Å². The number of hydrogen-bond acceptors (Lipinski definition) is 4. The second-order valence-electron chi connectivity index (χ2n) is 3.99. The molecule has 5 nitrogen and oxygen atoms in total. The molecule has 0 aliphatic heterocycles. The molecule has 0 unspecified atom stereocenters. The van der Waals surface area contributed by atoms with Crippen molar-refractivity contribution in [1.82, 2.24) is 9.97 Å². The molecule has 0 radical (unpaired) electrons. The normalized spacial score (nSPS) is 10.3. The second kappa shape index (κ2) is 5.95. The van der Waals surface area contributed by atoms with E-state index in [1.807, 2.05) is 24.4 Å². The molecule has 0 saturated carbocycles. The van der Waals surface area contributed by atoms with Crippen LogP contribution >= 0.6 is 0 Å². The van der Waals surface area contributed by atoms with Crippen LogP contribution < -0.4 is 15.8 Å². The van der Waals surface area contributed by atoms with E-state index in [1.165, 1.54) is 0 Å². The zero-order valence-electron chi connectivity index (χ0n) is 10.4. The van der Waals surface area contributed by atoms with E-state index in [1.54, 1.807) is 13.3 Å². The molecule has 1 aromatic carbocycles. The van der Waals surface area contributed by atoms with Gasteiger partial charge in [0, 0.05) is 25.4 Å². The quantitative estimate of drug-likeness (QED) is 0.538.